The quantitative estimate of drug-likeness (QED) is 0.636. The minimum absolute atomic E-state index is 0.327. The molecule has 0 bridgehead atoms. The van der Waals surface area contributed by atoms with Crippen LogP contribution in [0.15, 0.2) is 0 Å². The third-order valence-corrected chi connectivity index (χ3v) is 2.81. The van der Waals surface area contributed by atoms with Gasteiger partial charge in [-0.3, -0.25) is 9.59 Å². The maximum absolute atomic E-state index is 11.7. The Labute approximate surface area is 98.4 Å². The van der Waals surface area contributed by atoms with Crippen molar-refractivity contribution >= 4 is 18.0 Å². The number of urea groups is 1. The van der Waals surface area contributed by atoms with Crippen molar-refractivity contribution in [3.05, 3.63) is 0 Å². The standard InChI is InChI=1S/C10H16N2O5/c1-10(3-2-4-10)11-9(17)12(5-7(13)14)6-8(15)16/h2-6H2,1H3,(H,11,17)(H,13,14)(H,15,16). The third-order valence-electron chi connectivity index (χ3n) is 2.81. The summed E-state index contributed by atoms with van der Waals surface area (Å²) < 4.78 is 0. The van der Waals surface area contributed by atoms with Crippen LogP contribution < -0.4 is 5.32 Å². The van der Waals surface area contributed by atoms with Gasteiger partial charge in [0.15, 0.2) is 0 Å². The molecular weight excluding hydrogens is 228 g/mol. The molecule has 2 amide bonds. The summed E-state index contributed by atoms with van der Waals surface area (Å²) in [6, 6.07) is -0.642. The third kappa shape index (κ3) is 3.93. The number of rotatable bonds is 5. The zero-order chi connectivity index (χ0) is 13.1. The summed E-state index contributed by atoms with van der Waals surface area (Å²) in [6.07, 6.45) is 2.66. The predicted molar refractivity (Wildman–Crippen MR) is 57.6 cm³/mol. The van der Waals surface area contributed by atoms with Crippen LogP contribution in [-0.2, 0) is 9.59 Å². The largest absolute Gasteiger partial charge is 0.480 e. The van der Waals surface area contributed by atoms with Gasteiger partial charge in [0.1, 0.15) is 13.1 Å². The van der Waals surface area contributed by atoms with Gasteiger partial charge in [0, 0.05) is 5.54 Å². The molecule has 0 radical (unpaired) electrons. The number of hydrogen-bond donors (Lipinski definition) is 3. The fourth-order valence-corrected chi connectivity index (χ4v) is 1.70. The number of carbonyl (C=O) groups is 3. The lowest BCUT2D eigenvalue weighted by Crippen LogP contribution is -2.56. The summed E-state index contributed by atoms with van der Waals surface area (Å²) in [4.78, 5) is 33.5. The zero-order valence-corrected chi connectivity index (χ0v) is 9.60. The second-order valence-corrected chi connectivity index (χ2v) is 4.49. The molecule has 96 valence electrons. The zero-order valence-electron chi connectivity index (χ0n) is 9.60. The van der Waals surface area contributed by atoms with Gasteiger partial charge in [0.2, 0.25) is 0 Å². The Bertz CT molecular complexity index is 322. The van der Waals surface area contributed by atoms with Crippen LogP contribution in [0, 0.1) is 0 Å². The van der Waals surface area contributed by atoms with E-state index in [0.717, 1.165) is 24.2 Å². The van der Waals surface area contributed by atoms with Crippen LogP contribution in [0.3, 0.4) is 0 Å². The lowest BCUT2D eigenvalue weighted by atomic mass is 9.79. The Morgan fingerprint density at radius 3 is 1.94 bits per heavy atom. The van der Waals surface area contributed by atoms with Crippen LogP contribution in [0.5, 0.6) is 0 Å². The molecular formula is C10H16N2O5. The van der Waals surface area contributed by atoms with Gasteiger partial charge in [-0.25, -0.2) is 4.79 Å². The van der Waals surface area contributed by atoms with Gasteiger partial charge in [0.25, 0.3) is 0 Å². The fourth-order valence-electron chi connectivity index (χ4n) is 1.70. The first-order chi connectivity index (χ1) is 7.82. The van der Waals surface area contributed by atoms with Gasteiger partial charge >= 0.3 is 18.0 Å². The Morgan fingerprint density at radius 2 is 1.65 bits per heavy atom. The summed E-state index contributed by atoms with van der Waals surface area (Å²) in [5.41, 5.74) is -0.327. The molecule has 7 heteroatoms. The smallest absolute Gasteiger partial charge is 0.323 e. The summed E-state index contributed by atoms with van der Waals surface area (Å²) >= 11 is 0. The van der Waals surface area contributed by atoms with Gasteiger partial charge in [0.05, 0.1) is 0 Å². The Kier molecular flexibility index (Phi) is 3.93. The maximum atomic E-state index is 11.7. The molecule has 1 aliphatic rings. The van der Waals surface area contributed by atoms with E-state index in [0.29, 0.717) is 0 Å². The van der Waals surface area contributed by atoms with Crippen molar-refractivity contribution in [1.29, 1.82) is 0 Å². The van der Waals surface area contributed by atoms with Crippen molar-refractivity contribution < 1.29 is 24.6 Å². The summed E-state index contributed by atoms with van der Waals surface area (Å²) in [7, 11) is 0. The molecule has 0 atom stereocenters. The van der Waals surface area contributed by atoms with Gasteiger partial charge in [-0.1, -0.05) is 0 Å². The Balaban J connectivity index is 2.58. The number of hydrogen-bond acceptors (Lipinski definition) is 3. The van der Waals surface area contributed by atoms with Crippen LogP contribution >= 0.6 is 0 Å². The minimum atomic E-state index is -1.24. The Morgan fingerprint density at radius 1 is 1.18 bits per heavy atom. The van der Waals surface area contributed by atoms with E-state index in [1.807, 2.05) is 6.92 Å². The van der Waals surface area contributed by atoms with E-state index in [1.165, 1.54) is 0 Å². The molecule has 1 rings (SSSR count). The lowest BCUT2D eigenvalue weighted by molar-refractivity contribution is -0.140. The number of carboxylic acid groups (broad SMARTS) is 2. The van der Waals surface area contributed by atoms with Crippen LogP contribution in [0.25, 0.3) is 0 Å². The summed E-state index contributed by atoms with van der Waals surface area (Å²) in [5, 5.41) is 19.9. The van der Waals surface area contributed by atoms with Gasteiger partial charge < -0.3 is 20.4 Å². The molecule has 17 heavy (non-hydrogen) atoms. The topological polar surface area (TPSA) is 107 Å². The number of amides is 2. The summed E-state index contributed by atoms with van der Waals surface area (Å²) in [6.45, 7) is 0.622. The van der Waals surface area contributed by atoms with Crippen LogP contribution in [0.2, 0.25) is 0 Å². The number of carboxylic acids is 2. The highest BCUT2D eigenvalue weighted by molar-refractivity contribution is 5.84. The number of nitrogens with one attached hydrogen (secondary N) is 1. The highest BCUT2D eigenvalue weighted by atomic mass is 16.4. The van der Waals surface area contributed by atoms with Crippen LogP contribution in [0.4, 0.5) is 4.79 Å². The normalized spacial score (nSPS) is 16.8. The monoisotopic (exact) mass is 244 g/mol. The van der Waals surface area contributed by atoms with Crippen molar-refractivity contribution in [3.63, 3.8) is 0 Å². The van der Waals surface area contributed by atoms with Crippen LogP contribution in [0.1, 0.15) is 26.2 Å². The number of carbonyl (C=O) groups excluding carboxylic acids is 1. The van der Waals surface area contributed by atoms with E-state index in [1.54, 1.807) is 0 Å². The molecule has 3 N–H and O–H groups in total. The highest BCUT2D eigenvalue weighted by Crippen LogP contribution is 2.30. The van der Waals surface area contributed by atoms with Crippen molar-refractivity contribution in [3.8, 4) is 0 Å². The molecule has 0 aromatic rings. The van der Waals surface area contributed by atoms with Crippen molar-refractivity contribution in [2.45, 2.75) is 31.7 Å². The molecule has 0 aromatic heterocycles. The highest BCUT2D eigenvalue weighted by Gasteiger charge is 2.35. The van der Waals surface area contributed by atoms with Gasteiger partial charge in [-0.2, -0.15) is 0 Å². The first kappa shape index (κ1) is 13.3. The number of nitrogens with zero attached hydrogens (tertiary/aromatic N) is 1. The van der Waals surface area contributed by atoms with E-state index < -0.39 is 31.1 Å². The molecule has 1 aliphatic carbocycles. The fraction of sp³-hybridized carbons (Fsp3) is 0.700. The van der Waals surface area contributed by atoms with Crippen molar-refractivity contribution in [2.75, 3.05) is 13.1 Å². The lowest BCUT2D eigenvalue weighted by Gasteiger charge is -2.40. The first-order valence-corrected chi connectivity index (χ1v) is 5.33. The molecule has 0 unspecified atom stereocenters. The Hall–Kier alpha value is -1.79. The SMILES string of the molecule is CC1(NC(=O)N(CC(=O)O)CC(=O)O)CCC1. The maximum Gasteiger partial charge on any atom is 0.323 e. The van der Waals surface area contributed by atoms with E-state index in [4.69, 9.17) is 10.2 Å². The van der Waals surface area contributed by atoms with Gasteiger partial charge in [-0.15, -0.1) is 0 Å². The second-order valence-electron chi connectivity index (χ2n) is 4.49. The average molecular weight is 244 g/mol. The predicted octanol–water partition coefficient (Wildman–Crippen LogP) is 0.110. The molecule has 0 aliphatic heterocycles. The first-order valence-electron chi connectivity index (χ1n) is 5.33. The van der Waals surface area contributed by atoms with Crippen LogP contribution in [-0.4, -0.2) is 51.7 Å². The van der Waals surface area contributed by atoms with Crippen molar-refractivity contribution in [2.24, 2.45) is 0 Å². The minimum Gasteiger partial charge on any atom is -0.480 e. The molecule has 0 heterocycles. The summed E-state index contributed by atoms with van der Waals surface area (Å²) in [5.74, 6) is -2.47. The molecule has 0 saturated heterocycles. The second kappa shape index (κ2) is 5.03. The number of aliphatic carboxylic acids is 2. The molecule has 0 spiro atoms. The van der Waals surface area contributed by atoms with Crippen molar-refractivity contribution in [1.82, 2.24) is 10.2 Å². The molecule has 1 fully saturated rings. The average Bonchev–Trinajstić information content (AvgIpc) is 2.12. The van der Waals surface area contributed by atoms with E-state index in [-0.39, 0.29) is 5.54 Å². The van der Waals surface area contributed by atoms with E-state index in [9.17, 15) is 14.4 Å². The van der Waals surface area contributed by atoms with E-state index >= 15 is 0 Å². The van der Waals surface area contributed by atoms with E-state index in [2.05, 4.69) is 5.32 Å². The molecule has 1 saturated carbocycles. The molecule has 0 aromatic carbocycles. The van der Waals surface area contributed by atoms with Gasteiger partial charge in [-0.05, 0) is 26.2 Å². The molecule has 7 nitrogen and oxygen atoms in total.